The van der Waals surface area contributed by atoms with Crippen LogP contribution in [0.5, 0.6) is 0 Å². The first-order valence-electron chi connectivity index (χ1n) is 4.23. The molecule has 3 unspecified atom stereocenters. The summed E-state index contributed by atoms with van der Waals surface area (Å²) in [6.07, 6.45) is 4.64. The molecule has 0 bridgehead atoms. The lowest BCUT2D eigenvalue weighted by atomic mass is 9.83. The summed E-state index contributed by atoms with van der Waals surface area (Å²) >= 11 is 0. The van der Waals surface area contributed by atoms with Gasteiger partial charge >= 0.3 is 5.97 Å². The molecule has 0 fully saturated rings. The molecule has 0 amide bonds. The maximum atomic E-state index is 10.7. The molecule has 2 N–H and O–H groups in total. The van der Waals surface area contributed by atoms with E-state index in [2.05, 4.69) is 5.32 Å². The van der Waals surface area contributed by atoms with E-state index in [4.69, 9.17) is 5.11 Å². The van der Waals surface area contributed by atoms with Crippen molar-refractivity contribution in [3.63, 3.8) is 0 Å². The molecule has 0 spiro atoms. The van der Waals surface area contributed by atoms with Gasteiger partial charge in [0.1, 0.15) is 0 Å². The Balaban J connectivity index is 2.65. The van der Waals surface area contributed by atoms with Crippen LogP contribution in [0.4, 0.5) is 0 Å². The summed E-state index contributed by atoms with van der Waals surface area (Å²) in [5, 5.41) is 11.9. The van der Waals surface area contributed by atoms with Crippen LogP contribution >= 0.6 is 0 Å². The van der Waals surface area contributed by atoms with E-state index < -0.39 is 5.97 Å². The van der Waals surface area contributed by atoms with Crippen LogP contribution in [-0.2, 0) is 4.79 Å². The lowest BCUT2D eigenvalue weighted by molar-refractivity contribution is -0.141. The number of aliphatic carboxylic acids is 1. The van der Waals surface area contributed by atoms with E-state index in [1.165, 1.54) is 0 Å². The van der Waals surface area contributed by atoms with Gasteiger partial charge in [0.05, 0.1) is 5.92 Å². The van der Waals surface area contributed by atoms with Crippen molar-refractivity contribution in [1.29, 1.82) is 0 Å². The van der Waals surface area contributed by atoms with Crippen LogP contribution in [0.25, 0.3) is 0 Å². The van der Waals surface area contributed by atoms with E-state index in [0.29, 0.717) is 6.04 Å². The van der Waals surface area contributed by atoms with Crippen molar-refractivity contribution in [2.24, 2.45) is 11.8 Å². The second kappa shape index (κ2) is 3.72. The number of hydrogen-bond acceptors (Lipinski definition) is 2. The van der Waals surface area contributed by atoms with E-state index >= 15 is 0 Å². The van der Waals surface area contributed by atoms with Crippen LogP contribution in [0.2, 0.25) is 0 Å². The lowest BCUT2D eigenvalue weighted by Crippen LogP contribution is -2.33. The molecule has 0 aromatic heterocycles. The molecule has 0 saturated carbocycles. The van der Waals surface area contributed by atoms with Crippen LogP contribution in [0.1, 0.15) is 13.3 Å². The number of carboxylic acid groups (broad SMARTS) is 1. The summed E-state index contributed by atoms with van der Waals surface area (Å²) in [6, 6.07) is 0.343. The predicted octanol–water partition coefficient (Wildman–Crippen LogP) is 0.871. The van der Waals surface area contributed by atoms with Crippen LogP contribution in [0.15, 0.2) is 12.2 Å². The van der Waals surface area contributed by atoms with Crippen molar-refractivity contribution in [3.8, 4) is 0 Å². The molecule has 3 nitrogen and oxygen atoms in total. The van der Waals surface area contributed by atoms with E-state index in [-0.39, 0.29) is 11.8 Å². The Morgan fingerprint density at radius 3 is 2.67 bits per heavy atom. The summed E-state index contributed by atoms with van der Waals surface area (Å²) in [6.45, 7) is 1.98. The van der Waals surface area contributed by atoms with Gasteiger partial charge in [-0.25, -0.2) is 0 Å². The van der Waals surface area contributed by atoms with Crippen molar-refractivity contribution < 1.29 is 9.90 Å². The zero-order valence-corrected chi connectivity index (χ0v) is 7.45. The average molecular weight is 169 g/mol. The van der Waals surface area contributed by atoms with E-state index in [9.17, 15) is 4.79 Å². The molecule has 0 aliphatic heterocycles. The van der Waals surface area contributed by atoms with Gasteiger partial charge in [-0.2, -0.15) is 0 Å². The maximum absolute atomic E-state index is 10.7. The first-order chi connectivity index (χ1) is 5.65. The number of rotatable bonds is 2. The molecule has 12 heavy (non-hydrogen) atoms. The average Bonchev–Trinajstić information content (AvgIpc) is 2.03. The van der Waals surface area contributed by atoms with E-state index in [0.717, 1.165) is 6.42 Å². The Labute approximate surface area is 72.5 Å². The molecule has 0 aromatic carbocycles. The summed E-state index contributed by atoms with van der Waals surface area (Å²) in [4.78, 5) is 10.7. The number of nitrogens with one attached hydrogen (secondary N) is 1. The van der Waals surface area contributed by atoms with Crippen molar-refractivity contribution in [3.05, 3.63) is 12.2 Å². The number of hydrogen-bond donors (Lipinski definition) is 2. The molecular weight excluding hydrogens is 154 g/mol. The molecule has 0 heterocycles. The third-order valence-electron chi connectivity index (χ3n) is 2.45. The smallest absolute Gasteiger partial charge is 0.310 e. The minimum atomic E-state index is -0.715. The normalized spacial score (nSPS) is 35.0. The molecule has 0 aromatic rings. The molecular formula is C9H15NO2. The van der Waals surface area contributed by atoms with Gasteiger partial charge in [-0.1, -0.05) is 19.1 Å². The highest BCUT2D eigenvalue weighted by Gasteiger charge is 2.27. The van der Waals surface area contributed by atoms with Gasteiger partial charge in [-0.3, -0.25) is 4.79 Å². The Kier molecular flexibility index (Phi) is 2.87. The molecule has 3 atom stereocenters. The second-order valence-corrected chi connectivity index (χ2v) is 3.36. The highest BCUT2D eigenvalue weighted by Crippen LogP contribution is 2.24. The van der Waals surface area contributed by atoms with Gasteiger partial charge < -0.3 is 10.4 Å². The van der Waals surface area contributed by atoms with Gasteiger partial charge in [0.25, 0.3) is 0 Å². The SMILES string of the molecule is CNC1C=CC(C(=O)O)C(C)C1. The highest BCUT2D eigenvalue weighted by atomic mass is 16.4. The van der Waals surface area contributed by atoms with Crippen molar-refractivity contribution in [1.82, 2.24) is 5.32 Å². The monoisotopic (exact) mass is 169 g/mol. The van der Waals surface area contributed by atoms with E-state index in [1.54, 1.807) is 6.08 Å². The predicted molar refractivity (Wildman–Crippen MR) is 46.9 cm³/mol. The molecule has 1 rings (SSSR count). The third-order valence-corrected chi connectivity index (χ3v) is 2.45. The number of carboxylic acids is 1. The summed E-state index contributed by atoms with van der Waals surface area (Å²) in [5.74, 6) is -0.784. The molecule has 68 valence electrons. The third kappa shape index (κ3) is 1.85. The Bertz CT molecular complexity index is 201. The lowest BCUT2D eigenvalue weighted by Gasteiger charge is -2.26. The fourth-order valence-electron chi connectivity index (χ4n) is 1.61. The van der Waals surface area contributed by atoms with Crippen molar-refractivity contribution in [2.45, 2.75) is 19.4 Å². The van der Waals surface area contributed by atoms with E-state index in [1.807, 2.05) is 20.0 Å². The first-order valence-corrected chi connectivity index (χ1v) is 4.23. The quantitative estimate of drug-likeness (QED) is 0.603. The molecule has 1 aliphatic carbocycles. The molecule has 0 radical (unpaired) electrons. The van der Waals surface area contributed by atoms with Crippen LogP contribution in [-0.4, -0.2) is 24.2 Å². The van der Waals surface area contributed by atoms with Gasteiger partial charge in [-0.05, 0) is 19.4 Å². The second-order valence-electron chi connectivity index (χ2n) is 3.36. The standard InChI is InChI=1S/C9H15NO2/c1-6-5-7(10-2)3-4-8(6)9(11)12/h3-4,6-8,10H,5H2,1-2H3,(H,11,12). The van der Waals surface area contributed by atoms with Crippen LogP contribution < -0.4 is 5.32 Å². The number of likely N-dealkylation sites (N-methyl/N-ethyl adjacent to an activating group) is 1. The fraction of sp³-hybridized carbons (Fsp3) is 0.667. The Morgan fingerprint density at radius 2 is 2.25 bits per heavy atom. The van der Waals surface area contributed by atoms with Gasteiger partial charge in [0.15, 0.2) is 0 Å². The zero-order valence-electron chi connectivity index (χ0n) is 7.45. The first kappa shape index (κ1) is 9.26. The van der Waals surface area contributed by atoms with Gasteiger partial charge in [0.2, 0.25) is 0 Å². The fourth-order valence-corrected chi connectivity index (χ4v) is 1.61. The maximum Gasteiger partial charge on any atom is 0.310 e. The molecule has 3 heteroatoms. The summed E-state index contributed by atoms with van der Waals surface area (Å²) in [5.41, 5.74) is 0. The molecule has 0 saturated heterocycles. The van der Waals surface area contributed by atoms with Gasteiger partial charge in [0, 0.05) is 6.04 Å². The van der Waals surface area contributed by atoms with Gasteiger partial charge in [-0.15, -0.1) is 0 Å². The van der Waals surface area contributed by atoms with Crippen molar-refractivity contribution >= 4 is 5.97 Å². The summed E-state index contributed by atoms with van der Waals surface area (Å²) < 4.78 is 0. The number of carbonyl (C=O) groups is 1. The van der Waals surface area contributed by atoms with Crippen LogP contribution in [0, 0.1) is 11.8 Å². The highest BCUT2D eigenvalue weighted by molar-refractivity contribution is 5.72. The largest absolute Gasteiger partial charge is 0.481 e. The summed E-state index contributed by atoms with van der Waals surface area (Å²) in [7, 11) is 1.89. The molecule has 1 aliphatic rings. The van der Waals surface area contributed by atoms with Crippen molar-refractivity contribution in [2.75, 3.05) is 7.05 Å². The minimum absolute atomic E-state index is 0.227. The minimum Gasteiger partial charge on any atom is -0.481 e. The topological polar surface area (TPSA) is 49.3 Å². The van der Waals surface area contributed by atoms with Crippen LogP contribution in [0.3, 0.4) is 0 Å². The zero-order chi connectivity index (χ0) is 9.14. The Morgan fingerprint density at radius 1 is 1.58 bits per heavy atom. The Hall–Kier alpha value is -0.830.